The lowest BCUT2D eigenvalue weighted by molar-refractivity contribution is -0.132. The number of amides is 2. The predicted molar refractivity (Wildman–Crippen MR) is 94.4 cm³/mol. The third kappa shape index (κ3) is 3.00. The van der Waals surface area contributed by atoms with Crippen molar-refractivity contribution in [2.24, 2.45) is 0 Å². The molecular weight excluding hydrogens is 332 g/mol. The molecule has 0 bridgehead atoms. The van der Waals surface area contributed by atoms with E-state index in [1.807, 2.05) is 4.90 Å². The van der Waals surface area contributed by atoms with Gasteiger partial charge in [-0.15, -0.1) is 0 Å². The zero-order chi connectivity index (χ0) is 18.4. The molecule has 3 N–H and O–H groups in total. The van der Waals surface area contributed by atoms with Gasteiger partial charge in [0.15, 0.2) is 0 Å². The lowest BCUT2D eigenvalue weighted by atomic mass is 10.1. The molecule has 1 atom stereocenters. The number of rotatable bonds is 4. The lowest BCUT2D eigenvalue weighted by Crippen LogP contribution is -2.38. The van der Waals surface area contributed by atoms with Crippen molar-refractivity contribution >= 4 is 11.8 Å². The first-order chi connectivity index (χ1) is 12.4. The molecule has 0 radical (unpaired) electrons. The second-order valence-corrected chi connectivity index (χ2v) is 7.55. The minimum Gasteiger partial charge on any atom is -0.350 e. The molecule has 2 aromatic rings. The molecule has 138 valence electrons. The Morgan fingerprint density at radius 3 is 2.50 bits per heavy atom. The summed E-state index contributed by atoms with van der Waals surface area (Å²) in [6.07, 6.45) is 0.686. The molecule has 2 aliphatic heterocycles. The maximum atomic E-state index is 12.5. The van der Waals surface area contributed by atoms with Gasteiger partial charge in [0.05, 0.1) is 43.0 Å². The molecule has 2 amide bonds. The van der Waals surface area contributed by atoms with Crippen molar-refractivity contribution in [3.63, 3.8) is 0 Å². The Kier molecular flexibility index (Phi) is 4.05. The fourth-order valence-electron chi connectivity index (χ4n) is 3.53. The molecule has 0 fully saturated rings. The third-order valence-electron chi connectivity index (χ3n) is 5.08. The molecule has 0 saturated heterocycles. The molecule has 8 nitrogen and oxygen atoms in total. The summed E-state index contributed by atoms with van der Waals surface area (Å²) < 4.78 is 0. The van der Waals surface area contributed by atoms with Gasteiger partial charge in [0.2, 0.25) is 11.8 Å². The Balaban J connectivity index is 1.48. The molecule has 1 unspecified atom stereocenters. The van der Waals surface area contributed by atoms with Gasteiger partial charge in [-0.2, -0.15) is 0 Å². The van der Waals surface area contributed by atoms with Crippen LogP contribution in [0.3, 0.4) is 0 Å². The van der Waals surface area contributed by atoms with Gasteiger partial charge in [-0.25, -0.2) is 9.97 Å². The first-order valence-corrected chi connectivity index (χ1v) is 9.10. The van der Waals surface area contributed by atoms with E-state index in [2.05, 4.69) is 46.0 Å². The van der Waals surface area contributed by atoms with Gasteiger partial charge in [-0.05, 0) is 0 Å². The van der Waals surface area contributed by atoms with Gasteiger partial charge in [0, 0.05) is 24.1 Å². The maximum Gasteiger partial charge on any atom is 0.229 e. The van der Waals surface area contributed by atoms with Crippen LogP contribution in [0, 0.1) is 0 Å². The van der Waals surface area contributed by atoms with Crippen molar-refractivity contribution in [3.8, 4) is 0 Å². The van der Waals surface area contributed by atoms with E-state index in [-0.39, 0.29) is 17.7 Å². The third-order valence-corrected chi connectivity index (χ3v) is 5.08. The van der Waals surface area contributed by atoms with Crippen molar-refractivity contribution in [2.75, 3.05) is 6.54 Å². The molecule has 0 spiro atoms. The summed E-state index contributed by atoms with van der Waals surface area (Å²) in [6.45, 7) is 7.83. The van der Waals surface area contributed by atoms with E-state index >= 15 is 0 Å². The molecule has 4 heterocycles. The highest BCUT2D eigenvalue weighted by Gasteiger charge is 2.29. The van der Waals surface area contributed by atoms with Crippen molar-refractivity contribution < 1.29 is 9.59 Å². The van der Waals surface area contributed by atoms with E-state index in [1.54, 1.807) is 0 Å². The summed E-state index contributed by atoms with van der Waals surface area (Å²) in [7, 11) is 0. The topological polar surface area (TPSA) is 107 Å². The zero-order valence-electron chi connectivity index (χ0n) is 15.3. The van der Waals surface area contributed by atoms with E-state index < -0.39 is 0 Å². The molecule has 2 aliphatic rings. The van der Waals surface area contributed by atoms with E-state index in [4.69, 9.17) is 0 Å². The van der Waals surface area contributed by atoms with Gasteiger partial charge >= 0.3 is 0 Å². The molecule has 2 aromatic heterocycles. The summed E-state index contributed by atoms with van der Waals surface area (Å²) in [5.41, 5.74) is 3.70. The fraction of sp³-hybridized carbons (Fsp3) is 0.556. The minimum atomic E-state index is 0.0132. The largest absolute Gasteiger partial charge is 0.350 e. The molecule has 8 heteroatoms. The van der Waals surface area contributed by atoms with Crippen LogP contribution in [0.4, 0.5) is 0 Å². The summed E-state index contributed by atoms with van der Waals surface area (Å²) in [5.74, 6) is 2.26. The highest BCUT2D eigenvalue weighted by Crippen LogP contribution is 2.24. The van der Waals surface area contributed by atoms with E-state index in [9.17, 15) is 9.59 Å². The average Bonchev–Trinajstić information content (AvgIpc) is 3.18. The summed E-state index contributed by atoms with van der Waals surface area (Å²) in [5, 5.41) is 2.80. The van der Waals surface area contributed by atoms with Gasteiger partial charge < -0.3 is 20.2 Å². The number of H-pyrrole nitrogens is 2. The van der Waals surface area contributed by atoms with E-state index in [0.717, 1.165) is 34.4 Å². The average molecular weight is 356 g/mol. The first kappa shape index (κ1) is 16.8. The van der Waals surface area contributed by atoms with Crippen LogP contribution in [0.5, 0.6) is 0 Å². The second-order valence-electron chi connectivity index (χ2n) is 7.55. The number of nitrogens with one attached hydrogen (secondary N) is 3. The molecule has 0 aliphatic carbocycles. The summed E-state index contributed by atoms with van der Waals surface area (Å²) in [4.78, 5) is 41.7. The minimum absolute atomic E-state index is 0.0132. The van der Waals surface area contributed by atoms with Crippen LogP contribution in [-0.2, 0) is 35.5 Å². The number of fused-ring (bicyclic) bond motifs is 2. The summed E-state index contributed by atoms with van der Waals surface area (Å²) in [6, 6.07) is 0. The Bertz CT molecular complexity index is 865. The van der Waals surface area contributed by atoms with Crippen molar-refractivity contribution in [1.82, 2.24) is 30.2 Å². The zero-order valence-corrected chi connectivity index (χ0v) is 15.3. The van der Waals surface area contributed by atoms with Crippen molar-refractivity contribution in [2.45, 2.75) is 58.5 Å². The number of aromatic amines is 2. The first-order valence-electron chi connectivity index (χ1n) is 9.10. The van der Waals surface area contributed by atoms with Crippen LogP contribution in [-0.4, -0.2) is 43.2 Å². The SMILES string of the molecule is CC(C)c1nc2c([nH]1)CN(CC(C)c1nc3c([nH]1)CC(=O)NC3)C(=O)C2. The number of carbonyl (C=O) groups excluding carboxylic acids is 2. The van der Waals surface area contributed by atoms with Crippen molar-refractivity contribution in [1.29, 1.82) is 0 Å². The quantitative estimate of drug-likeness (QED) is 0.763. The standard InChI is InChI=1S/C18H24N6O2/c1-9(2)17-20-12-5-16(26)24(8-14(12)23-17)7-10(3)18-21-11-4-15(25)19-6-13(11)22-18/h9-10H,4-8H2,1-3H3,(H,19,25)(H,20,23)(H,21,22). The lowest BCUT2D eigenvalue weighted by Gasteiger charge is -2.28. The Labute approximate surface area is 151 Å². The van der Waals surface area contributed by atoms with Gasteiger partial charge in [-0.3, -0.25) is 9.59 Å². The number of aromatic nitrogens is 4. The van der Waals surface area contributed by atoms with Crippen LogP contribution in [0.1, 0.15) is 67.0 Å². The highest BCUT2D eigenvalue weighted by atomic mass is 16.2. The number of nitrogens with zero attached hydrogens (tertiary/aromatic N) is 3. The molecular formula is C18H24N6O2. The maximum absolute atomic E-state index is 12.5. The van der Waals surface area contributed by atoms with Gasteiger partial charge in [0.1, 0.15) is 11.6 Å². The molecule has 0 aromatic carbocycles. The van der Waals surface area contributed by atoms with Crippen LogP contribution < -0.4 is 5.32 Å². The van der Waals surface area contributed by atoms with Crippen molar-refractivity contribution in [3.05, 3.63) is 34.4 Å². The number of hydrogen-bond acceptors (Lipinski definition) is 4. The van der Waals surface area contributed by atoms with E-state index in [1.165, 1.54) is 0 Å². The summed E-state index contributed by atoms with van der Waals surface area (Å²) >= 11 is 0. The molecule has 0 saturated carbocycles. The Morgan fingerprint density at radius 2 is 1.73 bits per heavy atom. The monoisotopic (exact) mass is 356 g/mol. The second kappa shape index (κ2) is 6.26. The smallest absolute Gasteiger partial charge is 0.229 e. The van der Waals surface area contributed by atoms with Crippen LogP contribution >= 0.6 is 0 Å². The van der Waals surface area contributed by atoms with Gasteiger partial charge in [-0.1, -0.05) is 20.8 Å². The number of carbonyl (C=O) groups is 2. The highest BCUT2D eigenvalue weighted by molar-refractivity contribution is 5.80. The molecule has 26 heavy (non-hydrogen) atoms. The van der Waals surface area contributed by atoms with Crippen LogP contribution in [0.2, 0.25) is 0 Å². The fourth-order valence-corrected chi connectivity index (χ4v) is 3.53. The van der Waals surface area contributed by atoms with E-state index in [0.29, 0.717) is 38.4 Å². The normalized spacial score (nSPS) is 17.9. The predicted octanol–water partition coefficient (Wildman–Crippen LogP) is 1.12. The van der Waals surface area contributed by atoms with Gasteiger partial charge in [0.25, 0.3) is 0 Å². The van der Waals surface area contributed by atoms with Crippen LogP contribution in [0.25, 0.3) is 0 Å². The van der Waals surface area contributed by atoms with Crippen LogP contribution in [0.15, 0.2) is 0 Å². The molecule has 4 rings (SSSR count). The number of imidazole rings is 2. The number of hydrogen-bond donors (Lipinski definition) is 3. The Morgan fingerprint density at radius 1 is 1.00 bits per heavy atom. The Hall–Kier alpha value is -2.64.